The minimum atomic E-state index is -0.182. The molecule has 1 atom stereocenters. The SMILES string of the molecule is CCCC1(C(=O)c2ccoc2)CCNC1. The summed E-state index contributed by atoms with van der Waals surface area (Å²) in [6.45, 7) is 3.89. The fourth-order valence-corrected chi connectivity index (χ4v) is 2.44. The molecule has 0 amide bonds. The molecule has 15 heavy (non-hydrogen) atoms. The first kappa shape index (κ1) is 10.4. The summed E-state index contributed by atoms with van der Waals surface area (Å²) in [6, 6.07) is 1.76. The molecule has 0 spiro atoms. The Morgan fingerprint density at radius 1 is 1.67 bits per heavy atom. The largest absolute Gasteiger partial charge is 0.472 e. The smallest absolute Gasteiger partial charge is 0.173 e. The van der Waals surface area contributed by atoms with Gasteiger partial charge in [0.05, 0.1) is 11.8 Å². The number of nitrogens with one attached hydrogen (secondary N) is 1. The van der Waals surface area contributed by atoms with Crippen LogP contribution in [0.4, 0.5) is 0 Å². The average molecular weight is 207 g/mol. The molecular weight excluding hydrogens is 190 g/mol. The van der Waals surface area contributed by atoms with Crippen LogP contribution >= 0.6 is 0 Å². The summed E-state index contributed by atoms with van der Waals surface area (Å²) in [7, 11) is 0. The van der Waals surface area contributed by atoms with Crippen LogP contribution in [0, 0.1) is 5.41 Å². The van der Waals surface area contributed by atoms with Crippen molar-refractivity contribution in [1.82, 2.24) is 5.32 Å². The van der Waals surface area contributed by atoms with E-state index in [1.807, 2.05) is 0 Å². The molecule has 82 valence electrons. The van der Waals surface area contributed by atoms with Gasteiger partial charge in [-0.25, -0.2) is 0 Å². The lowest BCUT2D eigenvalue weighted by atomic mass is 9.76. The predicted octanol–water partition coefficient (Wildman–Crippen LogP) is 2.24. The second-order valence-corrected chi connectivity index (χ2v) is 4.30. The van der Waals surface area contributed by atoms with Crippen molar-refractivity contribution in [2.75, 3.05) is 13.1 Å². The van der Waals surface area contributed by atoms with Crippen LogP contribution in [-0.2, 0) is 0 Å². The Balaban J connectivity index is 2.21. The van der Waals surface area contributed by atoms with Gasteiger partial charge in [0.15, 0.2) is 5.78 Å². The lowest BCUT2D eigenvalue weighted by Crippen LogP contribution is -2.33. The van der Waals surface area contributed by atoms with Gasteiger partial charge in [0.1, 0.15) is 6.26 Å². The van der Waals surface area contributed by atoms with Crippen molar-refractivity contribution in [3.05, 3.63) is 24.2 Å². The molecule has 1 unspecified atom stereocenters. The van der Waals surface area contributed by atoms with E-state index in [1.54, 1.807) is 18.6 Å². The van der Waals surface area contributed by atoms with Gasteiger partial charge in [-0.2, -0.15) is 0 Å². The zero-order valence-electron chi connectivity index (χ0n) is 9.08. The van der Waals surface area contributed by atoms with Gasteiger partial charge in [-0.05, 0) is 25.5 Å². The second-order valence-electron chi connectivity index (χ2n) is 4.30. The van der Waals surface area contributed by atoms with E-state index in [1.165, 1.54) is 0 Å². The zero-order valence-corrected chi connectivity index (χ0v) is 9.08. The van der Waals surface area contributed by atoms with E-state index < -0.39 is 0 Å². The molecule has 2 rings (SSSR count). The Hall–Kier alpha value is -1.09. The molecule has 0 aliphatic carbocycles. The van der Waals surface area contributed by atoms with Crippen LogP contribution in [0.3, 0.4) is 0 Å². The van der Waals surface area contributed by atoms with Crippen molar-refractivity contribution in [3.8, 4) is 0 Å². The van der Waals surface area contributed by atoms with Gasteiger partial charge >= 0.3 is 0 Å². The number of carbonyl (C=O) groups excluding carboxylic acids is 1. The van der Waals surface area contributed by atoms with Crippen LogP contribution in [0.2, 0.25) is 0 Å². The fourth-order valence-electron chi connectivity index (χ4n) is 2.44. The van der Waals surface area contributed by atoms with Gasteiger partial charge < -0.3 is 9.73 Å². The summed E-state index contributed by atoms with van der Waals surface area (Å²) < 4.78 is 4.98. The third-order valence-electron chi connectivity index (χ3n) is 3.24. The molecule has 0 saturated carbocycles. The Morgan fingerprint density at radius 2 is 2.53 bits per heavy atom. The number of furan rings is 1. The Kier molecular flexibility index (Phi) is 2.91. The highest BCUT2D eigenvalue weighted by Crippen LogP contribution is 2.34. The van der Waals surface area contributed by atoms with Crippen molar-refractivity contribution >= 4 is 5.78 Å². The number of rotatable bonds is 4. The average Bonchev–Trinajstić information content (AvgIpc) is 2.88. The van der Waals surface area contributed by atoms with Crippen molar-refractivity contribution < 1.29 is 9.21 Å². The van der Waals surface area contributed by atoms with Crippen LogP contribution in [0.1, 0.15) is 36.5 Å². The van der Waals surface area contributed by atoms with Gasteiger partial charge in [-0.3, -0.25) is 4.79 Å². The number of hydrogen-bond donors (Lipinski definition) is 1. The van der Waals surface area contributed by atoms with Crippen molar-refractivity contribution in [3.63, 3.8) is 0 Å². The lowest BCUT2D eigenvalue weighted by Gasteiger charge is -2.25. The molecule has 3 heteroatoms. The normalized spacial score (nSPS) is 25.7. The third kappa shape index (κ3) is 1.84. The Labute approximate surface area is 89.9 Å². The molecule has 2 heterocycles. The van der Waals surface area contributed by atoms with E-state index in [-0.39, 0.29) is 11.2 Å². The fraction of sp³-hybridized carbons (Fsp3) is 0.583. The molecule has 0 bridgehead atoms. The lowest BCUT2D eigenvalue weighted by molar-refractivity contribution is 0.0801. The summed E-state index contributed by atoms with van der Waals surface area (Å²) in [5.74, 6) is 0.239. The highest BCUT2D eigenvalue weighted by Gasteiger charge is 2.40. The van der Waals surface area contributed by atoms with E-state index in [4.69, 9.17) is 4.42 Å². The zero-order chi connectivity index (χ0) is 10.7. The van der Waals surface area contributed by atoms with Crippen molar-refractivity contribution in [1.29, 1.82) is 0 Å². The quantitative estimate of drug-likeness (QED) is 0.770. The minimum absolute atomic E-state index is 0.182. The van der Waals surface area contributed by atoms with Crippen LogP contribution in [-0.4, -0.2) is 18.9 Å². The summed E-state index contributed by atoms with van der Waals surface area (Å²) >= 11 is 0. The number of hydrogen-bond acceptors (Lipinski definition) is 3. The van der Waals surface area contributed by atoms with Gasteiger partial charge in [-0.15, -0.1) is 0 Å². The van der Waals surface area contributed by atoms with Crippen molar-refractivity contribution in [2.24, 2.45) is 5.41 Å². The molecule has 1 aliphatic heterocycles. The maximum absolute atomic E-state index is 12.3. The first-order valence-corrected chi connectivity index (χ1v) is 5.56. The standard InChI is InChI=1S/C12H17NO2/c1-2-4-12(5-6-13-9-12)11(14)10-3-7-15-8-10/h3,7-8,13H,2,4-6,9H2,1H3. The maximum Gasteiger partial charge on any atom is 0.173 e. The van der Waals surface area contributed by atoms with E-state index in [0.29, 0.717) is 5.56 Å². The predicted molar refractivity (Wildman–Crippen MR) is 57.9 cm³/mol. The highest BCUT2D eigenvalue weighted by atomic mass is 16.3. The highest BCUT2D eigenvalue weighted by molar-refractivity contribution is 6.00. The van der Waals surface area contributed by atoms with Gasteiger partial charge in [0.25, 0.3) is 0 Å². The Bertz CT molecular complexity index is 323. The Morgan fingerprint density at radius 3 is 3.07 bits per heavy atom. The second kappa shape index (κ2) is 4.19. The molecule has 0 aromatic carbocycles. The van der Waals surface area contributed by atoms with Gasteiger partial charge in [0.2, 0.25) is 0 Å². The van der Waals surface area contributed by atoms with Crippen molar-refractivity contribution in [2.45, 2.75) is 26.2 Å². The molecule has 1 aromatic rings. The van der Waals surface area contributed by atoms with Gasteiger partial charge in [0, 0.05) is 12.0 Å². The third-order valence-corrected chi connectivity index (χ3v) is 3.24. The van der Waals surface area contributed by atoms with E-state index in [2.05, 4.69) is 12.2 Å². The topological polar surface area (TPSA) is 42.2 Å². The van der Waals surface area contributed by atoms with E-state index in [9.17, 15) is 4.79 Å². The summed E-state index contributed by atoms with van der Waals surface area (Å²) in [4.78, 5) is 12.3. The minimum Gasteiger partial charge on any atom is -0.472 e. The van der Waals surface area contributed by atoms with Crippen LogP contribution in [0.25, 0.3) is 0 Å². The van der Waals surface area contributed by atoms with Crippen LogP contribution in [0.15, 0.2) is 23.0 Å². The number of carbonyl (C=O) groups is 1. The van der Waals surface area contributed by atoms with E-state index in [0.717, 1.165) is 32.4 Å². The maximum atomic E-state index is 12.3. The summed E-state index contributed by atoms with van der Waals surface area (Å²) in [6.07, 6.45) is 6.08. The first-order chi connectivity index (χ1) is 7.28. The molecule has 3 nitrogen and oxygen atoms in total. The molecule has 1 fully saturated rings. The molecule has 1 saturated heterocycles. The summed E-state index contributed by atoms with van der Waals surface area (Å²) in [5.41, 5.74) is 0.533. The molecular formula is C12H17NO2. The molecule has 1 aliphatic rings. The molecule has 0 radical (unpaired) electrons. The molecule has 1 N–H and O–H groups in total. The first-order valence-electron chi connectivity index (χ1n) is 5.56. The number of ketones is 1. The monoisotopic (exact) mass is 207 g/mol. The van der Waals surface area contributed by atoms with Crippen LogP contribution < -0.4 is 5.32 Å². The van der Waals surface area contributed by atoms with E-state index >= 15 is 0 Å². The van der Waals surface area contributed by atoms with Crippen LogP contribution in [0.5, 0.6) is 0 Å². The summed E-state index contributed by atoms with van der Waals surface area (Å²) in [5, 5.41) is 3.29. The number of Topliss-reactive ketones (excluding diaryl/α,β-unsaturated/α-hetero) is 1. The van der Waals surface area contributed by atoms with Gasteiger partial charge in [-0.1, -0.05) is 13.3 Å². The molecule has 1 aromatic heterocycles.